The van der Waals surface area contributed by atoms with Crippen molar-refractivity contribution in [1.82, 2.24) is 9.21 Å². The van der Waals surface area contributed by atoms with Gasteiger partial charge in [-0.2, -0.15) is 16.1 Å². The number of carbonyl (C=O) groups excluding carboxylic acids is 1. The van der Waals surface area contributed by atoms with Gasteiger partial charge >= 0.3 is 0 Å². The summed E-state index contributed by atoms with van der Waals surface area (Å²) in [4.78, 5) is 13.9. The average molecular weight is 389 g/mol. The zero-order valence-electron chi connectivity index (χ0n) is 14.7. The molecule has 1 heterocycles. The van der Waals surface area contributed by atoms with Gasteiger partial charge in [0, 0.05) is 26.2 Å². The molecule has 0 spiro atoms. The lowest BCUT2D eigenvalue weighted by atomic mass is 10.2. The number of nitrogens with zero attached hydrogens (tertiary/aromatic N) is 2. The van der Waals surface area contributed by atoms with E-state index in [1.54, 1.807) is 16.7 Å². The molecule has 0 saturated carbocycles. The van der Waals surface area contributed by atoms with Crippen LogP contribution in [0.4, 0.5) is 4.39 Å². The lowest BCUT2D eigenvalue weighted by Crippen LogP contribution is -2.51. The molecule has 5 nitrogen and oxygen atoms in total. The van der Waals surface area contributed by atoms with Crippen LogP contribution in [0.1, 0.15) is 20.3 Å². The third kappa shape index (κ3) is 5.69. The predicted molar refractivity (Wildman–Crippen MR) is 98.5 cm³/mol. The number of sulfonamides is 1. The summed E-state index contributed by atoms with van der Waals surface area (Å²) in [6.07, 6.45) is 1.08. The smallest absolute Gasteiger partial charge is 0.243 e. The Morgan fingerprint density at radius 2 is 1.92 bits per heavy atom. The van der Waals surface area contributed by atoms with Crippen molar-refractivity contribution in [1.29, 1.82) is 0 Å². The Morgan fingerprint density at radius 1 is 1.24 bits per heavy atom. The number of piperazine rings is 1. The maximum Gasteiger partial charge on any atom is 0.243 e. The zero-order chi connectivity index (χ0) is 18.4. The van der Waals surface area contributed by atoms with Crippen molar-refractivity contribution in [3.63, 3.8) is 0 Å². The molecule has 1 fully saturated rings. The summed E-state index contributed by atoms with van der Waals surface area (Å²) in [6, 6.07) is 5.02. The number of thioether (sulfide) groups is 1. The van der Waals surface area contributed by atoms with Crippen molar-refractivity contribution in [3.8, 4) is 0 Å². The number of carbonyl (C=O) groups is 1. The first kappa shape index (κ1) is 20.2. The molecule has 0 unspecified atom stereocenters. The molecule has 2 rings (SSSR count). The van der Waals surface area contributed by atoms with Gasteiger partial charge in [0.25, 0.3) is 0 Å². The molecule has 0 radical (unpaired) electrons. The number of hydrogen-bond donors (Lipinski definition) is 0. The predicted octanol–water partition coefficient (Wildman–Crippen LogP) is 2.44. The molecular formula is C17H25FN2O3S2. The molecule has 0 aliphatic carbocycles. The van der Waals surface area contributed by atoms with E-state index in [4.69, 9.17) is 0 Å². The Morgan fingerprint density at radius 3 is 2.52 bits per heavy atom. The Balaban J connectivity index is 1.85. The SMILES string of the molecule is CC(C)CCSCC(=O)N1CCN(S(=O)(=O)c2cccc(F)c2)CC1. The topological polar surface area (TPSA) is 57.7 Å². The average Bonchev–Trinajstić information content (AvgIpc) is 2.58. The molecule has 1 aromatic carbocycles. The Bertz CT molecular complexity index is 687. The molecule has 0 N–H and O–H groups in total. The van der Waals surface area contributed by atoms with Crippen LogP contribution in [0.25, 0.3) is 0 Å². The van der Waals surface area contributed by atoms with Crippen LogP contribution in [-0.4, -0.2) is 61.2 Å². The van der Waals surface area contributed by atoms with Gasteiger partial charge in [0.15, 0.2) is 0 Å². The normalized spacial score (nSPS) is 16.4. The van der Waals surface area contributed by atoms with Gasteiger partial charge in [0.2, 0.25) is 15.9 Å². The minimum atomic E-state index is -3.71. The largest absolute Gasteiger partial charge is 0.339 e. The first-order valence-corrected chi connectivity index (χ1v) is 11.0. The Hall–Kier alpha value is -1.12. The number of amides is 1. The van der Waals surface area contributed by atoms with Crippen LogP contribution < -0.4 is 0 Å². The van der Waals surface area contributed by atoms with Crippen molar-refractivity contribution in [2.24, 2.45) is 5.92 Å². The molecule has 8 heteroatoms. The van der Waals surface area contributed by atoms with Crippen molar-refractivity contribution in [2.45, 2.75) is 25.2 Å². The summed E-state index contributed by atoms with van der Waals surface area (Å²) >= 11 is 1.62. The van der Waals surface area contributed by atoms with Crippen LogP contribution >= 0.6 is 11.8 Å². The summed E-state index contributed by atoms with van der Waals surface area (Å²) in [5.74, 6) is 1.49. The van der Waals surface area contributed by atoms with Crippen molar-refractivity contribution in [3.05, 3.63) is 30.1 Å². The van der Waals surface area contributed by atoms with Gasteiger partial charge in [-0.3, -0.25) is 4.79 Å². The molecule has 1 amide bonds. The van der Waals surface area contributed by atoms with E-state index in [2.05, 4.69) is 13.8 Å². The fraction of sp³-hybridized carbons (Fsp3) is 0.588. The van der Waals surface area contributed by atoms with E-state index in [0.29, 0.717) is 24.8 Å². The number of hydrogen-bond acceptors (Lipinski definition) is 4. The van der Waals surface area contributed by atoms with Crippen LogP contribution in [0.3, 0.4) is 0 Å². The Labute approximate surface area is 153 Å². The highest BCUT2D eigenvalue weighted by molar-refractivity contribution is 7.99. The van der Waals surface area contributed by atoms with E-state index in [9.17, 15) is 17.6 Å². The lowest BCUT2D eigenvalue weighted by molar-refractivity contribution is -0.129. The van der Waals surface area contributed by atoms with Crippen molar-refractivity contribution in [2.75, 3.05) is 37.7 Å². The zero-order valence-corrected chi connectivity index (χ0v) is 16.3. The standard InChI is InChI=1S/C17H25FN2O3S2/c1-14(2)6-11-24-13-17(21)19-7-9-20(10-8-19)25(22,23)16-5-3-4-15(18)12-16/h3-5,12,14H,6-11,13H2,1-2H3. The van der Waals surface area contributed by atoms with Gasteiger partial charge in [-0.05, 0) is 36.3 Å². The maximum atomic E-state index is 13.3. The van der Waals surface area contributed by atoms with Gasteiger partial charge in [-0.1, -0.05) is 19.9 Å². The summed E-state index contributed by atoms with van der Waals surface area (Å²) in [7, 11) is -3.71. The van der Waals surface area contributed by atoms with E-state index < -0.39 is 15.8 Å². The minimum absolute atomic E-state index is 0.0449. The van der Waals surface area contributed by atoms with E-state index in [1.807, 2.05) is 0 Å². The fourth-order valence-corrected chi connectivity index (χ4v) is 5.12. The van der Waals surface area contributed by atoms with Gasteiger partial charge in [-0.15, -0.1) is 0 Å². The second-order valence-electron chi connectivity index (χ2n) is 6.48. The first-order chi connectivity index (χ1) is 11.8. The third-order valence-corrected chi connectivity index (χ3v) is 6.96. The molecule has 25 heavy (non-hydrogen) atoms. The van der Waals surface area contributed by atoms with E-state index in [1.165, 1.54) is 22.5 Å². The quantitative estimate of drug-likeness (QED) is 0.673. The van der Waals surface area contributed by atoms with Gasteiger partial charge in [0.1, 0.15) is 5.82 Å². The van der Waals surface area contributed by atoms with E-state index in [0.717, 1.165) is 18.2 Å². The molecular weight excluding hydrogens is 363 g/mol. The highest BCUT2D eigenvalue weighted by atomic mass is 32.2. The molecule has 140 valence electrons. The van der Waals surface area contributed by atoms with Crippen molar-refractivity contribution < 1.29 is 17.6 Å². The first-order valence-electron chi connectivity index (χ1n) is 8.42. The highest BCUT2D eigenvalue weighted by Gasteiger charge is 2.30. The summed E-state index contributed by atoms with van der Waals surface area (Å²) in [5.41, 5.74) is 0. The monoisotopic (exact) mass is 388 g/mol. The summed E-state index contributed by atoms with van der Waals surface area (Å²) < 4.78 is 39.7. The summed E-state index contributed by atoms with van der Waals surface area (Å²) in [5, 5.41) is 0. The molecule has 0 atom stereocenters. The second kappa shape index (κ2) is 9.00. The fourth-order valence-electron chi connectivity index (χ4n) is 2.52. The summed E-state index contributed by atoms with van der Waals surface area (Å²) in [6.45, 7) is 5.53. The number of rotatable bonds is 7. The lowest BCUT2D eigenvalue weighted by Gasteiger charge is -2.34. The Kier molecular flexibility index (Phi) is 7.27. The van der Waals surface area contributed by atoms with E-state index in [-0.39, 0.29) is 23.9 Å². The maximum absolute atomic E-state index is 13.3. The van der Waals surface area contributed by atoms with Gasteiger partial charge in [-0.25, -0.2) is 12.8 Å². The van der Waals surface area contributed by atoms with Gasteiger partial charge < -0.3 is 4.90 Å². The van der Waals surface area contributed by atoms with Crippen LogP contribution in [-0.2, 0) is 14.8 Å². The van der Waals surface area contributed by atoms with Crippen LogP contribution in [0.5, 0.6) is 0 Å². The second-order valence-corrected chi connectivity index (χ2v) is 9.52. The third-order valence-electron chi connectivity index (χ3n) is 4.09. The number of benzene rings is 1. The van der Waals surface area contributed by atoms with Crippen LogP contribution in [0, 0.1) is 11.7 Å². The van der Waals surface area contributed by atoms with E-state index >= 15 is 0 Å². The molecule has 1 aliphatic rings. The van der Waals surface area contributed by atoms with Crippen LogP contribution in [0.15, 0.2) is 29.2 Å². The van der Waals surface area contributed by atoms with Gasteiger partial charge in [0.05, 0.1) is 10.6 Å². The molecule has 1 aromatic rings. The minimum Gasteiger partial charge on any atom is -0.339 e. The highest BCUT2D eigenvalue weighted by Crippen LogP contribution is 2.19. The molecule has 0 bridgehead atoms. The molecule has 1 saturated heterocycles. The van der Waals surface area contributed by atoms with Crippen molar-refractivity contribution >= 4 is 27.7 Å². The molecule has 1 aliphatic heterocycles. The number of halogens is 1. The molecule has 0 aromatic heterocycles. The van der Waals surface area contributed by atoms with Crippen LogP contribution in [0.2, 0.25) is 0 Å².